The van der Waals surface area contributed by atoms with Crippen LogP contribution in [0.1, 0.15) is 11.3 Å². The summed E-state index contributed by atoms with van der Waals surface area (Å²) < 4.78 is 14.3. The number of hydrogen-bond acceptors (Lipinski definition) is 2. The first-order valence-corrected chi connectivity index (χ1v) is 9.50. The molecule has 0 aliphatic rings. The van der Waals surface area contributed by atoms with Crippen molar-refractivity contribution in [2.45, 2.75) is 12.3 Å². The number of halogens is 1. The van der Waals surface area contributed by atoms with Gasteiger partial charge in [-0.25, -0.2) is 0 Å². The molecule has 0 saturated heterocycles. The molecule has 0 amide bonds. The average Bonchev–Trinajstić information content (AvgIpc) is 2.97. The summed E-state index contributed by atoms with van der Waals surface area (Å²) in [6.45, 7) is 1.42. The highest BCUT2D eigenvalue weighted by Gasteiger charge is 2.09. The van der Waals surface area contributed by atoms with Crippen LogP contribution in [-0.4, -0.2) is 46.0 Å². The Hall–Kier alpha value is -1.35. The molecular formula is C18H27IN4OS. The van der Waals surface area contributed by atoms with Gasteiger partial charge < -0.3 is 14.8 Å². The van der Waals surface area contributed by atoms with Crippen molar-refractivity contribution in [3.8, 4) is 0 Å². The smallest absolute Gasteiger partial charge is 0.193 e. The number of nitrogens with one attached hydrogen (secondary N) is 1. The Balaban J connectivity index is 0.00000312. The van der Waals surface area contributed by atoms with E-state index in [0.717, 1.165) is 18.1 Å². The number of aromatic nitrogens is 1. The second kappa shape index (κ2) is 11.3. The third kappa shape index (κ3) is 7.19. The Bertz CT molecular complexity index is 687. The van der Waals surface area contributed by atoms with E-state index in [2.05, 4.69) is 25.8 Å². The third-order valence-electron chi connectivity index (χ3n) is 3.81. The summed E-state index contributed by atoms with van der Waals surface area (Å²) in [6, 6.07) is 14.1. The van der Waals surface area contributed by atoms with Gasteiger partial charge in [0.05, 0.1) is 6.54 Å². The zero-order valence-corrected chi connectivity index (χ0v) is 18.2. The minimum Gasteiger partial charge on any atom is -0.355 e. The van der Waals surface area contributed by atoms with Gasteiger partial charge in [0.1, 0.15) is 0 Å². The summed E-state index contributed by atoms with van der Waals surface area (Å²) in [5.74, 6) is 2.01. The van der Waals surface area contributed by atoms with Crippen molar-refractivity contribution in [2.75, 3.05) is 26.4 Å². The molecule has 5 nitrogen and oxygen atoms in total. The van der Waals surface area contributed by atoms with Crippen molar-refractivity contribution in [2.24, 2.45) is 12.0 Å². The molecule has 1 atom stereocenters. The summed E-state index contributed by atoms with van der Waals surface area (Å²) in [7, 11) is 4.93. The lowest BCUT2D eigenvalue weighted by Crippen LogP contribution is -2.40. The highest BCUT2D eigenvalue weighted by molar-refractivity contribution is 14.0. The molecular weight excluding hydrogens is 447 g/mol. The van der Waals surface area contributed by atoms with Crippen LogP contribution in [0.4, 0.5) is 0 Å². The lowest BCUT2D eigenvalue weighted by Gasteiger charge is -2.22. The van der Waals surface area contributed by atoms with Crippen molar-refractivity contribution >= 4 is 40.7 Å². The van der Waals surface area contributed by atoms with Crippen LogP contribution in [0.15, 0.2) is 53.7 Å². The number of guanidine groups is 1. The second-order valence-electron chi connectivity index (χ2n) is 5.71. The molecule has 2 aromatic rings. The van der Waals surface area contributed by atoms with Gasteiger partial charge in [0.2, 0.25) is 0 Å². The van der Waals surface area contributed by atoms with E-state index < -0.39 is 10.8 Å². The number of nitrogens with zero attached hydrogens (tertiary/aromatic N) is 3. The van der Waals surface area contributed by atoms with E-state index in [1.54, 1.807) is 7.05 Å². The number of hydrogen-bond donors (Lipinski definition) is 1. The van der Waals surface area contributed by atoms with Crippen LogP contribution in [0.25, 0.3) is 0 Å². The first-order chi connectivity index (χ1) is 11.6. The van der Waals surface area contributed by atoms with Gasteiger partial charge in [-0.05, 0) is 17.7 Å². The van der Waals surface area contributed by atoms with Crippen LogP contribution < -0.4 is 5.32 Å². The maximum absolute atomic E-state index is 12.2. The molecule has 0 saturated carbocycles. The molecule has 1 heterocycles. The van der Waals surface area contributed by atoms with Crippen LogP contribution in [0.2, 0.25) is 0 Å². The average molecular weight is 474 g/mol. The van der Waals surface area contributed by atoms with E-state index in [-0.39, 0.29) is 24.0 Å². The molecule has 0 fully saturated rings. The normalized spacial score (nSPS) is 12.4. The lowest BCUT2D eigenvalue weighted by atomic mass is 10.2. The SMILES string of the molecule is CN=C(NCCS(=O)Cc1ccccc1)N(C)Cc1cccn1C.I. The van der Waals surface area contributed by atoms with Crippen LogP contribution in [0.5, 0.6) is 0 Å². The van der Waals surface area contributed by atoms with E-state index in [4.69, 9.17) is 0 Å². The number of benzene rings is 1. The predicted octanol–water partition coefficient (Wildman–Crippen LogP) is 2.60. The van der Waals surface area contributed by atoms with Crippen LogP contribution in [0, 0.1) is 0 Å². The monoisotopic (exact) mass is 474 g/mol. The largest absolute Gasteiger partial charge is 0.355 e. The molecule has 0 spiro atoms. The van der Waals surface area contributed by atoms with Gasteiger partial charge in [0.25, 0.3) is 0 Å². The van der Waals surface area contributed by atoms with Crippen molar-refractivity contribution in [3.63, 3.8) is 0 Å². The maximum atomic E-state index is 12.2. The molecule has 1 aromatic heterocycles. The summed E-state index contributed by atoms with van der Waals surface area (Å²) >= 11 is 0. The highest BCUT2D eigenvalue weighted by atomic mass is 127. The van der Waals surface area contributed by atoms with E-state index in [1.807, 2.05) is 56.7 Å². The van der Waals surface area contributed by atoms with Gasteiger partial charge in [-0.15, -0.1) is 24.0 Å². The molecule has 1 aromatic carbocycles. The zero-order valence-electron chi connectivity index (χ0n) is 15.0. The summed E-state index contributed by atoms with van der Waals surface area (Å²) in [5, 5.41) is 3.29. The number of aryl methyl sites for hydroxylation is 1. The van der Waals surface area contributed by atoms with Crippen LogP contribution >= 0.6 is 24.0 Å². The molecule has 0 aliphatic carbocycles. The van der Waals surface area contributed by atoms with Crippen molar-refractivity contribution < 1.29 is 4.21 Å². The Labute approximate surface area is 170 Å². The molecule has 1 N–H and O–H groups in total. The van der Waals surface area contributed by atoms with Crippen molar-refractivity contribution in [3.05, 3.63) is 59.9 Å². The topological polar surface area (TPSA) is 49.6 Å². The Morgan fingerprint density at radius 2 is 1.96 bits per heavy atom. The quantitative estimate of drug-likeness (QED) is 0.382. The fraction of sp³-hybridized carbons (Fsp3) is 0.389. The van der Waals surface area contributed by atoms with Gasteiger partial charge >= 0.3 is 0 Å². The second-order valence-corrected chi connectivity index (χ2v) is 7.29. The Kier molecular flexibility index (Phi) is 9.81. The van der Waals surface area contributed by atoms with Gasteiger partial charge in [-0.2, -0.15) is 0 Å². The fourth-order valence-corrected chi connectivity index (χ4v) is 3.51. The summed E-state index contributed by atoms with van der Waals surface area (Å²) in [5.41, 5.74) is 2.33. The van der Waals surface area contributed by atoms with E-state index >= 15 is 0 Å². The van der Waals surface area contributed by atoms with E-state index in [9.17, 15) is 4.21 Å². The van der Waals surface area contributed by atoms with Gasteiger partial charge in [0.15, 0.2) is 5.96 Å². The minimum absolute atomic E-state index is 0. The molecule has 0 radical (unpaired) electrons. The molecule has 138 valence electrons. The molecule has 2 rings (SSSR count). The molecule has 25 heavy (non-hydrogen) atoms. The Morgan fingerprint density at radius 3 is 2.56 bits per heavy atom. The first kappa shape index (κ1) is 21.7. The first-order valence-electron chi connectivity index (χ1n) is 8.01. The van der Waals surface area contributed by atoms with Gasteiger partial charge in [0, 0.05) is 61.9 Å². The van der Waals surface area contributed by atoms with Gasteiger partial charge in [-0.3, -0.25) is 9.20 Å². The predicted molar refractivity (Wildman–Crippen MR) is 117 cm³/mol. The van der Waals surface area contributed by atoms with Gasteiger partial charge in [-0.1, -0.05) is 30.3 Å². The minimum atomic E-state index is -0.878. The summed E-state index contributed by atoms with van der Waals surface area (Å²) in [4.78, 5) is 6.37. The van der Waals surface area contributed by atoms with Crippen molar-refractivity contribution in [1.29, 1.82) is 0 Å². The standard InChI is InChI=1S/C18H26N4OS.HI/c1-19-18(22(3)14-17-10-7-12-21(17)2)20-11-13-24(23)15-16-8-5-4-6-9-16;/h4-10,12H,11,13-15H2,1-3H3,(H,19,20);1H. The molecule has 1 unspecified atom stereocenters. The number of aliphatic imine (C=N–C) groups is 1. The highest BCUT2D eigenvalue weighted by Crippen LogP contribution is 2.04. The Morgan fingerprint density at radius 1 is 1.24 bits per heavy atom. The lowest BCUT2D eigenvalue weighted by molar-refractivity contribution is 0.464. The third-order valence-corrected chi connectivity index (χ3v) is 5.12. The number of rotatable bonds is 7. The fourth-order valence-electron chi connectivity index (χ4n) is 2.47. The molecule has 0 bridgehead atoms. The zero-order chi connectivity index (χ0) is 17.4. The van der Waals surface area contributed by atoms with Crippen LogP contribution in [-0.2, 0) is 30.1 Å². The maximum Gasteiger partial charge on any atom is 0.193 e. The summed E-state index contributed by atoms with van der Waals surface area (Å²) in [6.07, 6.45) is 2.03. The van der Waals surface area contributed by atoms with Crippen LogP contribution in [0.3, 0.4) is 0 Å². The van der Waals surface area contributed by atoms with E-state index in [1.165, 1.54) is 5.69 Å². The van der Waals surface area contributed by atoms with Crippen molar-refractivity contribution in [1.82, 2.24) is 14.8 Å². The molecule has 0 aliphatic heterocycles. The van der Waals surface area contributed by atoms with E-state index in [0.29, 0.717) is 18.1 Å². The molecule has 7 heteroatoms.